The maximum absolute atomic E-state index is 11.1. The summed E-state index contributed by atoms with van der Waals surface area (Å²) in [6, 6.07) is 11.1. The largest absolute Gasteiger partial charge is 0.496 e. The number of carbonyl (C=O) groups excluding carboxylic acids is 1. The van der Waals surface area contributed by atoms with Crippen molar-refractivity contribution in [2.45, 2.75) is 20.0 Å². The van der Waals surface area contributed by atoms with Gasteiger partial charge in [-0.1, -0.05) is 18.2 Å². The molecule has 0 aliphatic carbocycles. The number of methoxy groups -OCH3 is 1. The fraction of sp³-hybridized carbons (Fsp3) is 0.333. The van der Waals surface area contributed by atoms with Crippen LogP contribution >= 0.6 is 24.0 Å². The first kappa shape index (κ1) is 21.8. The van der Waals surface area contributed by atoms with Crippen molar-refractivity contribution < 1.29 is 13.9 Å². The molecule has 3 N–H and O–H groups in total. The zero-order valence-electron chi connectivity index (χ0n) is 15.2. The Morgan fingerprint density at radius 3 is 2.65 bits per heavy atom. The molecule has 0 aliphatic heterocycles. The third-order valence-corrected chi connectivity index (χ3v) is 3.59. The summed E-state index contributed by atoms with van der Waals surface area (Å²) in [4.78, 5) is 17.6. The Morgan fingerprint density at radius 1 is 1.31 bits per heavy atom. The highest BCUT2D eigenvalue weighted by atomic mass is 127. The van der Waals surface area contributed by atoms with Crippen molar-refractivity contribution in [3.05, 3.63) is 53.5 Å². The minimum absolute atomic E-state index is 0. The molecule has 142 valence electrons. The lowest BCUT2D eigenvalue weighted by Gasteiger charge is -2.23. The van der Waals surface area contributed by atoms with Crippen LogP contribution < -0.4 is 15.8 Å². The maximum atomic E-state index is 11.1. The first-order valence-corrected chi connectivity index (χ1v) is 8.05. The summed E-state index contributed by atoms with van der Waals surface area (Å²) in [5.41, 5.74) is 6.25. The number of hydrogen-bond acceptors (Lipinski definition) is 4. The molecule has 0 unspecified atom stereocenters. The van der Waals surface area contributed by atoms with E-state index in [0.29, 0.717) is 18.8 Å². The van der Waals surface area contributed by atoms with Crippen molar-refractivity contribution in [2.24, 2.45) is 10.7 Å². The second-order valence-corrected chi connectivity index (χ2v) is 5.47. The van der Waals surface area contributed by atoms with Gasteiger partial charge in [-0.15, -0.1) is 24.0 Å². The van der Waals surface area contributed by atoms with Crippen LogP contribution in [0.4, 0.5) is 0 Å². The topological polar surface area (TPSA) is 93.1 Å². The Bertz CT molecular complexity index is 746. The molecule has 1 aromatic carbocycles. The third-order valence-electron chi connectivity index (χ3n) is 3.59. The van der Waals surface area contributed by atoms with Gasteiger partial charge < -0.3 is 25.1 Å². The molecule has 0 saturated carbocycles. The molecule has 0 bridgehead atoms. The monoisotopic (exact) mass is 472 g/mol. The highest BCUT2D eigenvalue weighted by Gasteiger charge is 2.11. The summed E-state index contributed by atoms with van der Waals surface area (Å²) in [6.45, 7) is 3.69. The predicted molar refractivity (Wildman–Crippen MR) is 112 cm³/mol. The van der Waals surface area contributed by atoms with Gasteiger partial charge in [-0.3, -0.25) is 4.79 Å². The summed E-state index contributed by atoms with van der Waals surface area (Å²) < 4.78 is 10.8. The summed E-state index contributed by atoms with van der Waals surface area (Å²) in [7, 11) is 3.61. The van der Waals surface area contributed by atoms with Crippen molar-refractivity contribution in [3.8, 4) is 5.75 Å². The van der Waals surface area contributed by atoms with E-state index in [9.17, 15) is 4.79 Å². The Hall–Kier alpha value is -2.23. The van der Waals surface area contributed by atoms with Crippen LogP contribution in [0.25, 0.3) is 0 Å². The number of guanidine groups is 1. The lowest BCUT2D eigenvalue weighted by molar-refractivity contribution is 0.0972. The highest BCUT2D eigenvalue weighted by Crippen LogP contribution is 2.18. The number of carbonyl (C=O) groups is 1. The van der Waals surface area contributed by atoms with E-state index in [0.717, 1.165) is 23.8 Å². The van der Waals surface area contributed by atoms with Crippen LogP contribution in [0.5, 0.6) is 5.75 Å². The van der Waals surface area contributed by atoms with Gasteiger partial charge in [0.1, 0.15) is 18.1 Å². The van der Waals surface area contributed by atoms with Gasteiger partial charge >= 0.3 is 0 Å². The SMILES string of the molecule is CCNC(=NCc1ccc(C(N)=O)o1)N(C)Cc1ccccc1OC.I. The van der Waals surface area contributed by atoms with Crippen molar-refractivity contribution >= 4 is 35.8 Å². The second-order valence-electron chi connectivity index (χ2n) is 5.47. The maximum Gasteiger partial charge on any atom is 0.284 e. The van der Waals surface area contributed by atoms with Crippen LogP contribution in [0.1, 0.15) is 28.8 Å². The summed E-state index contributed by atoms with van der Waals surface area (Å²) in [5.74, 6) is 1.69. The number of amides is 1. The zero-order chi connectivity index (χ0) is 18.2. The fourth-order valence-corrected chi connectivity index (χ4v) is 2.38. The van der Waals surface area contributed by atoms with E-state index in [1.54, 1.807) is 19.2 Å². The van der Waals surface area contributed by atoms with Crippen LogP contribution in [0, 0.1) is 0 Å². The number of para-hydroxylation sites is 1. The van der Waals surface area contributed by atoms with E-state index in [4.69, 9.17) is 14.9 Å². The number of primary amides is 1. The molecule has 0 saturated heterocycles. The Kier molecular flexibility index (Phi) is 8.97. The zero-order valence-corrected chi connectivity index (χ0v) is 17.5. The molecule has 0 radical (unpaired) electrons. The summed E-state index contributed by atoms with van der Waals surface area (Å²) >= 11 is 0. The molecule has 8 heteroatoms. The van der Waals surface area contributed by atoms with E-state index in [1.165, 1.54) is 0 Å². The number of nitrogens with one attached hydrogen (secondary N) is 1. The summed E-state index contributed by atoms with van der Waals surface area (Å²) in [5, 5.41) is 3.24. The Labute approximate surface area is 170 Å². The van der Waals surface area contributed by atoms with Crippen molar-refractivity contribution in [1.29, 1.82) is 0 Å². The molecule has 1 heterocycles. The Morgan fingerprint density at radius 2 is 2.04 bits per heavy atom. The van der Waals surface area contributed by atoms with Gasteiger partial charge in [0.05, 0.1) is 7.11 Å². The van der Waals surface area contributed by atoms with Gasteiger partial charge in [0, 0.05) is 25.7 Å². The van der Waals surface area contributed by atoms with Crippen molar-refractivity contribution in [1.82, 2.24) is 10.2 Å². The summed E-state index contributed by atoms with van der Waals surface area (Å²) in [6.07, 6.45) is 0. The van der Waals surface area contributed by atoms with Gasteiger partial charge in [0.15, 0.2) is 11.7 Å². The van der Waals surface area contributed by atoms with E-state index in [-0.39, 0.29) is 29.7 Å². The average Bonchev–Trinajstić information content (AvgIpc) is 3.08. The molecule has 2 aromatic rings. The minimum Gasteiger partial charge on any atom is -0.496 e. The molecule has 0 aliphatic rings. The number of hydrogen-bond donors (Lipinski definition) is 2. The lowest BCUT2D eigenvalue weighted by atomic mass is 10.2. The molecule has 0 fully saturated rings. The number of benzene rings is 1. The lowest BCUT2D eigenvalue weighted by Crippen LogP contribution is -2.38. The number of aliphatic imine (C=N–C) groups is 1. The molecule has 7 nitrogen and oxygen atoms in total. The first-order chi connectivity index (χ1) is 12.0. The van der Waals surface area contributed by atoms with Gasteiger partial charge in [-0.2, -0.15) is 0 Å². The number of ether oxygens (including phenoxy) is 1. The smallest absolute Gasteiger partial charge is 0.284 e. The van der Waals surface area contributed by atoms with Gasteiger partial charge in [0.25, 0.3) is 5.91 Å². The molecular weight excluding hydrogens is 447 g/mol. The highest BCUT2D eigenvalue weighted by molar-refractivity contribution is 14.0. The molecule has 1 amide bonds. The van der Waals surface area contributed by atoms with Gasteiger partial charge in [0.2, 0.25) is 0 Å². The number of furan rings is 1. The molecule has 0 atom stereocenters. The third kappa shape index (κ3) is 5.94. The predicted octanol–water partition coefficient (Wildman–Crippen LogP) is 2.60. The van der Waals surface area contributed by atoms with E-state index >= 15 is 0 Å². The van der Waals surface area contributed by atoms with E-state index < -0.39 is 5.91 Å². The standard InChI is InChI=1S/C18H24N4O3.HI/c1-4-20-18(21-11-14-9-10-16(25-14)17(19)23)22(2)12-13-7-5-6-8-15(13)24-3;/h5-10H,4,11-12H2,1-3H3,(H2,19,23)(H,20,21);1H. The number of rotatable bonds is 7. The van der Waals surface area contributed by atoms with Crippen LogP contribution in [0.3, 0.4) is 0 Å². The molecule has 26 heavy (non-hydrogen) atoms. The van der Waals surface area contributed by atoms with E-state index in [1.807, 2.05) is 43.1 Å². The van der Waals surface area contributed by atoms with Crippen LogP contribution in [-0.4, -0.2) is 37.5 Å². The van der Waals surface area contributed by atoms with Gasteiger partial charge in [-0.05, 0) is 25.1 Å². The van der Waals surface area contributed by atoms with Crippen LogP contribution in [0.2, 0.25) is 0 Å². The minimum atomic E-state index is -0.588. The van der Waals surface area contributed by atoms with Crippen molar-refractivity contribution in [2.75, 3.05) is 20.7 Å². The average molecular weight is 472 g/mol. The van der Waals surface area contributed by atoms with Crippen LogP contribution in [0.15, 0.2) is 45.8 Å². The Balaban J connectivity index is 0.00000338. The number of halogens is 1. The van der Waals surface area contributed by atoms with E-state index in [2.05, 4.69) is 10.3 Å². The quantitative estimate of drug-likeness (QED) is 0.367. The molecule has 0 spiro atoms. The molecule has 1 aromatic heterocycles. The number of nitrogens with two attached hydrogens (primary N) is 1. The second kappa shape index (κ2) is 10.7. The number of nitrogens with zero attached hydrogens (tertiary/aromatic N) is 2. The van der Waals surface area contributed by atoms with Gasteiger partial charge in [-0.25, -0.2) is 4.99 Å². The molecule has 2 rings (SSSR count). The fourth-order valence-electron chi connectivity index (χ4n) is 2.38. The molecular formula is C18H25IN4O3. The first-order valence-electron chi connectivity index (χ1n) is 8.05. The van der Waals surface area contributed by atoms with Crippen molar-refractivity contribution in [3.63, 3.8) is 0 Å². The normalized spacial score (nSPS) is 10.8. The van der Waals surface area contributed by atoms with Crippen LogP contribution in [-0.2, 0) is 13.1 Å².